The van der Waals surface area contributed by atoms with Crippen molar-refractivity contribution in [1.82, 2.24) is 10.6 Å². The Morgan fingerprint density at radius 1 is 0.900 bits per heavy atom. The van der Waals surface area contributed by atoms with Crippen LogP contribution in [0.3, 0.4) is 0 Å². The summed E-state index contributed by atoms with van der Waals surface area (Å²) in [5.41, 5.74) is 5.51. The van der Waals surface area contributed by atoms with Crippen LogP contribution in [0.15, 0.2) is 18.2 Å². The second-order valence-corrected chi connectivity index (χ2v) is 14.6. The Hall–Kier alpha value is -3.58. The van der Waals surface area contributed by atoms with Crippen LogP contribution in [0.4, 0.5) is 4.79 Å². The summed E-state index contributed by atoms with van der Waals surface area (Å²) in [4.78, 5) is 50.3. The number of amides is 3. The first-order valence-electron chi connectivity index (χ1n) is 17.5. The Kier molecular flexibility index (Phi) is 19.2. The molecule has 286 valence electrons. The summed E-state index contributed by atoms with van der Waals surface area (Å²) in [5.74, 6) is -1.32. The number of aliphatic hydroxyl groups is 1. The standard InChI is InChI=1S/C37H63N3O10/c1-22(2)27(17-26-13-14-31(47-11)32(18-26)48-16-12-15-46-10)19-29(40-36(45)50-25(7)49-34(43)24(5)6)30(41)20-28(23(3)4)33(42)39-21-37(8,9)35(38)44/h13-14,18,22-25,27-30,41H,12,15-17,19-21H2,1-11H3,(H2,38,44)(H,39,42)(H,40,45)/t25-,27+,28+,29+,30+/m1/s1. The number of alkyl carbamates (subject to hydrolysis) is 1. The molecule has 5 N–H and O–H groups in total. The average Bonchev–Trinajstić information content (AvgIpc) is 3.03. The van der Waals surface area contributed by atoms with Crippen molar-refractivity contribution in [3.8, 4) is 11.5 Å². The fourth-order valence-electron chi connectivity index (χ4n) is 5.17. The number of nitrogens with two attached hydrogens (primary N) is 1. The van der Waals surface area contributed by atoms with Crippen molar-refractivity contribution in [3.63, 3.8) is 0 Å². The fourth-order valence-corrected chi connectivity index (χ4v) is 5.17. The number of hydrogen-bond donors (Lipinski definition) is 4. The largest absolute Gasteiger partial charge is 0.493 e. The second kappa shape index (κ2) is 21.6. The van der Waals surface area contributed by atoms with Crippen LogP contribution >= 0.6 is 0 Å². The maximum absolute atomic E-state index is 13.3. The molecular formula is C37H63N3O10. The third-order valence-electron chi connectivity index (χ3n) is 8.78. The van der Waals surface area contributed by atoms with Gasteiger partial charge in [-0.05, 0) is 68.6 Å². The SMILES string of the molecule is COCCCOc1cc(C[C@@H](C[C@H](NC(=O)O[C@H](C)OC(=O)C(C)C)[C@@H](O)C[C@H](C(=O)NCC(C)(C)C(N)=O)C(C)C)C(C)C)ccc1OC. The van der Waals surface area contributed by atoms with Crippen LogP contribution in [0.25, 0.3) is 0 Å². The number of carbonyl (C=O) groups is 4. The predicted octanol–water partition coefficient (Wildman–Crippen LogP) is 4.61. The van der Waals surface area contributed by atoms with E-state index in [0.717, 1.165) is 5.56 Å². The molecule has 1 rings (SSSR count). The van der Waals surface area contributed by atoms with Gasteiger partial charge in [-0.25, -0.2) is 4.79 Å². The van der Waals surface area contributed by atoms with Crippen LogP contribution in [-0.2, 0) is 35.0 Å². The molecule has 5 atom stereocenters. The zero-order valence-corrected chi connectivity index (χ0v) is 32.0. The number of aliphatic hydroxyl groups excluding tert-OH is 1. The van der Waals surface area contributed by atoms with Crippen LogP contribution in [-0.4, -0.2) is 81.4 Å². The van der Waals surface area contributed by atoms with Crippen molar-refractivity contribution < 1.29 is 48.0 Å². The first kappa shape index (κ1) is 44.4. The number of nitrogens with one attached hydrogen (secondary N) is 2. The number of esters is 1. The van der Waals surface area contributed by atoms with E-state index in [1.807, 2.05) is 32.0 Å². The molecule has 0 aliphatic carbocycles. The lowest BCUT2D eigenvalue weighted by molar-refractivity contribution is -0.168. The molecule has 1 aromatic rings. The van der Waals surface area contributed by atoms with Crippen molar-refractivity contribution in [1.29, 1.82) is 0 Å². The van der Waals surface area contributed by atoms with Gasteiger partial charge in [0.15, 0.2) is 11.5 Å². The molecule has 0 unspecified atom stereocenters. The normalized spacial score (nSPS) is 14.8. The monoisotopic (exact) mass is 709 g/mol. The fraction of sp³-hybridized carbons (Fsp3) is 0.730. The molecule has 3 amide bonds. The highest BCUT2D eigenvalue weighted by molar-refractivity contribution is 5.83. The Balaban J connectivity index is 3.32. The van der Waals surface area contributed by atoms with Gasteiger partial charge in [-0.15, -0.1) is 0 Å². The van der Waals surface area contributed by atoms with Gasteiger partial charge in [0.05, 0.1) is 37.2 Å². The summed E-state index contributed by atoms with van der Waals surface area (Å²) < 4.78 is 27.1. The molecule has 0 aliphatic heterocycles. The zero-order chi connectivity index (χ0) is 38.2. The topological polar surface area (TPSA) is 185 Å². The van der Waals surface area contributed by atoms with E-state index in [0.29, 0.717) is 44.0 Å². The molecule has 13 nitrogen and oxygen atoms in total. The number of hydrogen-bond acceptors (Lipinski definition) is 10. The highest BCUT2D eigenvalue weighted by Gasteiger charge is 2.34. The number of rotatable bonds is 23. The number of primary amides is 1. The summed E-state index contributed by atoms with van der Waals surface area (Å²) in [5, 5.41) is 17.3. The third-order valence-corrected chi connectivity index (χ3v) is 8.78. The minimum Gasteiger partial charge on any atom is -0.493 e. The highest BCUT2D eigenvalue weighted by Crippen LogP contribution is 2.32. The van der Waals surface area contributed by atoms with E-state index in [1.54, 1.807) is 41.9 Å². The lowest BCUT2D eigenvalue weighted by atomic mass is 9.80. The second-order valence-electron chi connectivity index (χ2n) is 14.6. The number of methoxy groups -OCH3 is 2. The maximum Gasteiger partial charge on any atom is 0.410 e. The zero-order valence-electron chi connectivity index (χ0n) is 32.0. The lowest BCUT2D eigenvalue weighted by Gasteiger charge is -2.33. The maximum atomic E-state index is 13.3. The molecule has 0 aliphatic rings. The Bertz CT molecular complexity index is 1220. The van der Waals surface area contributed by atoms with Crippen molar-refractivity contribution in [2.75, 3.05) is 34.0 Å². The first-order valence-corrected chi connectivity index (χ1v) is 17.5. The van der Waals surface area contributed by atoms with E-state index >= 15 is 0 Å². The summed E-state index contributed by atoms with van der Waals surface area (Å²) in [6.07, 6.45) is -1.52. The van der Waals surface area contributed by atoms with Crippen molar-refractivity contribution in [3.05, 3.63) is 23.8 Å². The molecule has 0 heterocycles. The van der Waals surface area contributed by atoms with Gasteiger partial charge >= 0.3 is 12.1 Å². The first-order chi connectivity index (χ1) is 23.3. The molecule has 0 spiro atoms. The third kappa shape index (κ3) is 15.5. The van der Waals surface area contributed by atoms with Gasteiger partial charge in [-0.1, -0.05) is 47.6 Å². The van der Waals surface area contributed by atoms with Gasteiger partial charge in [0.1, 0.15) is 0 Å². The molecule has 50 heavy (non-hydrogen) atoms. The van der Waals surface area contributed by atoms with Gasteiger partial charge in [-0.3, -0.25) is 14.4 Å². The quantitative estimate of drug-likeness (QED) is 0.0711. The van der Waals surface area contributed by atoms with Gasteiger partial charge in [0.25, 0.3) is 0 Å². The number of carbonyl (C=O) groups excluding carboxylic acids is 4. The minimum absolute atomic E-state index is 0.0240. The smallest absolute Gasteiger partial charge is 0.410 e. The lowest BCUT2D eigenvalue weighted by Crippen LogP contribution is -2.49. The Morgan fingerprint density at radius 2 is 1.56 bits per heavy atom. The summed E-state index contributed by atoms with van der Waals surface area (Å²) in [7, 11) is 3.22. The molecule has 0 bridgehead atoms. The number of ether oxygens (including phenoxy) is 5. The van der Waals surface area contributed by atoms with E-state index in [-0.39, 0.29) is 36.6 Å². The summed E-state index contributed by atoms with van der Waals surface area (Å²) >= 11 is 0. The minimum atomic E-state index is -1.16. The van der Waals surface area contributed by atoms with Gasteiger partial charge < -0.3 is 45.2 Å². The van der Waals surface area contributed by atoms with E-state index in [1.165, 1.54) is 6.92 Å². The van der Waals surface area contributed by atoms with Crippen LogP contribution in [0.2, 0.25) is 0 Å². The van der Waals surface area contributed by atoms with E-state index in [4.69, 9.17) is 29.4 Å². The van der Waals surface area contributed by atoms with Gasteiger partial charge in [0, 0.05) is 39.5 Å². The molecule has 0 fully saturated rings. The summed E-state index contributed by atoms with van der Waals surface area (Å²) in [6.45, 7) is 17.0. The van der Waals surface area contributed by atoms with Crippen molar-refractivity contribution >= 4 is 23.9 Å². The molecular weight excluding hydrogens is 646 g/mol. The van der Waals surface area contributed by atoms with Crippen LogP contribution in [0.5, 0.6) is 11.5 Å². The highest BCUT2D eigenvalue weighted by atomic mass is 16.7. The number of benzene rings is 1. The molecule has 0 radical (unpaired) electrons. The molecule has 0 saturated carbocycles. The van der Waals surface area contributed by atoms with Gasteiger partial charge in [0.2, 0.25) is 18.1 Å². The van der Waals surface area contributed by atoms with Crippen molar-refractivity contribution in [2.24, 2.45) is 40.7 Å². The predicted molar refractivity (Wildman–Crippen MR) is 190 cm³/mol. The van der Waals surface area contributed by atoms with Crippen LogP contribution in [0, 0.1) is 35.0 Å². The van der Waals surface area contributed by atoms with E-state index in [2.05, 4.69) is 24.5 Å². The van der Waals surface area contributed by atoms with Crippen LogP contribution < -0.4 is 25.8 Å². The molecule has 13 heteroatoms. The van der Waals surface area contributed by atoms with Gasteiger partial charge in [-0.2, -0.15) is 0 Å². The van der Waals surface area contributed by atoms with Crippen LogP contribution in [0.1, 0.15) is 87.1 Å². The Morgan fingerprint density at radius 3 is 2.10 bits per heavy atom. The average molecular weight is 710 g/mol. The van der Waals surface area contributed by atoms with E-state index < -0.39 is 53.7 Å². The summed E-state index contributed by atoms with van der Waals surface area (Å²) in [6, 6.07) is 4.92. The molecule has 0 aromatic heterocycles. The molecule has 1 aromatic carbocycles. The van der Waals surface area contributed by atoms with Crippen molar-refractivity contribution in [2.45, 2.75) is 106 Å². The molecule has 0 saturated heterocycles. The van der Waals surface area contributed by atoms with E-state index in [9.17, 15) is 24.3 Å². The Labute approximate surface area is 298 Å².